The number of aryl methyl sites for hydroxylation is 1. The standard InChI is InChI=1S/C14H10N2O2S2/c1-8-15-11(6-19-8)12-7-20-13(16-12)9-3-2-4-10(5-9)14(17)18/h2-7H,1H3,(H,17,18). The normalized spacial score (nSPS) is 10.7. The molecule has 2 aromatic heterocycles. The Balaban J connectivity index is 1.98. The van der Waals surface area contributed by atoms with Gasteiger partial charge in [0, 0.05) is 16.3 Å². The van der Waals surface area contributed by atoms with Crippen molar-refractivity contribution in [2.75, 3.05) is 0 Å². The van der Waals surface area contributed by atoms with E-state index in [0.717, 1.165) is 27.0 Å². The first kappa shape index (κ1) is 13.0. The van der Waals surface area contributed by atoms with E-state index in [0.29, 0.717) is 0 Å². The van der Waals surface area contributed by atoms with Crippen LogP contribution < -0.4 is 0 Å². The number of carboxylic acid groups (broad SMARTS) is 1. The van der Waals surface area contributed by atoms with E-state index in [1.54, 1.807) is 29.5 Å². The molecule has 3 rings (SSSR count). The van der Waals surface area contributed by atoms with Gasteiger partial charge in [0.15, 0.2) is 0 Å². The summed E-state index contributed by atoms with van der Waals surface area (Å²) < 4.78 is 0. The average molecular weight is 302 g/mol. The molecule has 1 aromatic carbocycles. The van der Waals surface area contributed by atoms with Crippen LogP contribution in [0.2, 0.25) is 0 Å². The van der Waals surface area contributed by atoms with Gasteiger partial charge in [-0.1, -0.05) is 12.1 Å². The predicted molar refractivity (Wildman–Crippen MR) is 80.4 cm³/mol. The number of hydrogen-bond acceptors (Lipinski definition) is 5. The highest BCUT2D eigenvalue weighted by Gasteiger charge is 2.10. The largest absolute Gasteiger partial charge is 0.478 e. The molecule has 0 unspecified atom stereocenters. The molecule has 0 radical (unpaired) electrons. The first-order chi connectivity index (χ1) is 9.63. The Morgan fingerprint density at radius 3 is 2.60 bits per heavy atom. The van der Waals surface area contributed by atoms with Gasteiger partial charge in [-0.25, -0.2) is 14.8 Å². The van der Waals surface area contributed by atoms with Crippen LogP contribution in [0.3, 0.4) is 0 Å². The molecule has 100 valence electrons. The fraction of sp³-hybridized carbons (Fsp3) is 0.0714. The van der Waals surface area contributed by atoms with E-state index in [1.807, 2.05) is 23.8 Å². The molecule has 0 aliphatic rings. The van der Waals surface area contributed by atoms with Gasteiger partial charge in [0.2, 0.25) is 0 Å². The quantitative estimate of drug-likeness (QED) is 0.796. The minimum Gasteiger partial charge on any atom is -0.478 e. The molecule has 0 aliphatic heterocycles. The number of benzene rings is 1. The number of carboxylic acids is 1. The topological polar surface area (TPSA) is 63.1 Å². The number of thiazole rings is 2. The molecule has 4 nitrogen and oxygen atoms in total. The van der Waals surface area contributed by atoms with E-state index < -0.39 is 5.97 Å². The number of nitrogens with zero attached hydrogens (tertiary/aromatic N) is 2. The third kappa shape index (κ3) is 2.48. The van der Waals surface area contributed by atoms with Crippen LogP contribution in [-0.2, 0) is 0 Å². The van der Waals surface area contributed by atoms with Crippen LogP contribution >= 0.6 is 22.7 Å². The number of rotatable bonds is 3. The zero-order valence-electron chi connectivity index (χ0n) is 10.5. The van der Waals surface area contributed by atoms with Gasteiger partial charge in [-0.2, -0.15) is 0 Å². The highest BCUT2D eigenvalue weighted by Crippen LogP contribution is 2.29. The molecule has 6 heteroatoms. The third-order valence-corrected chi connectivity index (χ3v) is 4.41. The van der Waals surface area contributed by atoms with Crippen LogP contribution in [0, 0.1) is 6.92 Å². The van der Waals surface area contributed by atoms with E-state index in [-0.39, 0.29) is 5.56 Å². The molecule has 0 spiro atoms. The lowest BCUT2D eigenvalue weighted by Crippen LogP contribution is -1.95. The van der Waals surface area contributed by atoms with Crippen LogP contribution in [0.1, 0.15) is 15.4 Å². The van der Waals surface area contributed by atoms with Gasteiger partial charge in [-0.15, -0.1) is 22.7 Å². The molecule has 0 atom stereocenters. The summed E-state index contributed by atoms with van der Waals surface area (Å²) >= 11 is 3.07. The summed E-state index contributed by atoms with van der Waals surface area (Å²) in [6.07, 6.45) is 0. The fourth-order valence-electron chi connectivity index (χ4n) is 1.79. The molecule has 3 aromatic rings. The first-order valence-electron chi connectivity index (χ1n) is 5.85. The summed E-state index contributed by atoms with van der Waals surface area (Å²) in [5.74, 6) is -0.932. The average Bonchev–Trinajstić information content (AvgIpc) is 3.07. The Hall–Kier alpha value is -2.05. The van der Waals surface area contributed by atoms with Gasteiger partial charge < -0.3 is 5.11 Å². The monoisotopic (exact) mass is 302 g/mol. The predicted octanol–water partition coefficient (Wildman–Crippen LogP) is 3.94. The molecule has 2 heterocycles. The molecule has 0 fully saturated rings. The van der Waals surface area contributed by atoms with Crippen molar-refractivity contribution in [3.05, 3.63) is 45.6 Å². The van der Waals surface area contributed by atoms with Crippen molar-refractivity contribution in [1.82, 2.24) is 9.97 Å². The fourth-order valence-corrected chi connectivity index (χ4v) is 3.21. The van der Waals surface area contributed by atoms with Crippen molar-refractivity contribution in [1.29, 1.82) is 0 Å². The summed E-state index contributed by atoms with van der Waals surface area (Å²) in [5, 5.41) is 14.7. The molecule has 0 aliphatic carbocycles. The highest BCUT2D eigenvalue weighted by atomic mass is 32.1. The molecular weight excluding hydrogens is 292 g/mol. The number of carbonyl (C=O) groups is 1. The molecule has 1 N–H and O–H groups in total. The SMILES string of the molecule is Cc1nc(-c2csc(-c3cccc(C(=O)O)c3)n2)cs1. The Bertz CT molecular complexity index is 777. The Morgan fingerprint density at radius 1 is 1.15 bits per heavy atom. The minimum absolute atomic E-state index is 0.267. The van der Waals surface area contributed by atoms with E-state index in [9.17, 15) is 4.79 Å². The third-order valence-electron chi connectivity index (χ3n) is 2.74. The Labute approximate surface area is 123 Å². The molecule has 0 bridgehead atoms. The lowest BCUT2D eigenvalue weighted by Gasteiger charge is -1.98. The van der Waals surface area contributed by atoms with Gasteiger partial charge in [-0.05, 0) is 19.1 Å². The molecule has 0 saturated carbocycles. The van der Waals surface area contributed by atoms with Gasteiger partial charge in [-0.3, -0.25) is 0 Å². The van der Waals surface area contributed by atoms with Gasteiger partial charge in [0.25, 0.3) is 0 Å². The second-order valence-electron chi connectivity index (χ2n) is 4.18. The molecule has 20 heavy (non-hydrogen) atoms. The van der Waals surface area contributed by atoms with Crippen LogP contribution in [-0.4, -0.2) is 21.0 Å². The van der Waals surface area contributed by atoms with Crippen LogP contribution in [0.5, 0.6) is 0 Å². The van der Waals surface area contributed by atoms with Crippen molar-refractivity contribution in [3.8, 4) is 22.0 Å². The van der Waals surface area contributed by atoms with Crippen molar-refractivity contribution >= 4 is 28.6 Å². The summed E-state index contributed by atoms with van der Waals surface area (Å²) in [6.45, 7) is 1.96. The lowest BCUT2D eigenvalue weighted by molar-refractivity contribution is 0.0697. The molecule has 0 saturated heterocycles. The molecule has 0 amide bonds. The van der Waals surface area contributed by atoms with Crippen LogP contribution in [0.4, 0.5) is 0 Å². The zero-order chi connectivity index (χ0) is 14.1. The van der Waals surface area contributed by atoms with Crippen molar-refractivity contribution < 1.29 is 9.90 Å². The van der Waals surface area contributed by atoms with Crippen molar-refractivity contribution in [2.24, 2.45) is 0 Å². The summed E-state index contributed by atoms with van der Waals surface area (Å²) in [4.78, 5) is 19.9. The summed E-state index contributed by atoms with van der Waals surface area (Å²) in [7, 11) is 0. The number of aromatic carboxylic acids is 1. The van der Waals surface area contributed by atoms with Crippen molar-refractivity contribution in [3.63, 3.8) is 0 Å². The molecular formula is C14H10N2O2S2. The minimum atomic E-state index is -0.932. The van der Waals surface area contributed by atoms with Gasteiger partial charge >= 0.3 is 5.97 Å². The van der Waals surface area contributed by atoms with E-state index >= 15 is 0 Å². The number of hydrogen-bond donors (Lipinski definition) is 1. The van der Waals surface area contributed by atoms with E-state index in [2.05, 4.69) is 9.97 Å². The summed E-state index contributed by atoms with van der Waals surface area (Å²) in [5.41, 5.74) is 2.77. The highest BCUT2D eigenvalue weighted by molar-refractivity contribution is 7.13. The Kier molecular flexibility index (Phi) is 3.33. The first-order valence-corrected chi connectivity index (χ1v) is 7.61. The maximum Gasteiger partial charge on any atom is 0.335 e. The smallest absolute Gasteiger partial charge is 0.335 e. The Morgan fingerprint density at radius 2 is 1.90 bits per heavy atom. The second kappa shape index (κ2) is 5.15. The van der Waals surface area contributed by atoms with Crippen LogP contribution in [0.25, 0.3) is 22.0 Å². The van der Waals surface area contributed by atoms with Crippen LogP contribution in [0.15, 0.2) is 35.0 Å². The van der Waals surface area contributed by atoms with Gasteiger partial charge in [0.05, 0.1) is 10.6 Å². The van der Waals surface area contributed by atoms with Crippen molar-refractivity contribution in [2.45, 2.75) is 6.92 Å². The van der Waals surface area contributed by atoms with E-state index in [1.165, 1.54) is 11.3 Å². The zero-order valence-corrected chi connectivity index (χ0v) is 12.2. The second-order valence-corrected chi connectivity index (χ2v) is 6.10. The van der Waals surface area contributed by atoms with Gasteiger partial charge in [0.1, 0.15) is 16.4 Å². The maximum atomic E-state index is 11.0. The lowest BCUT2D eigenvalue weighted by atomic mass is 10.1. The summed E-state index contributed by atoms with van der Waals surface area (Å²) in [6, 6.07) is 6.80. The maximum absolute atomic E-state index is 11.0. The number of aromatic nitrogens is 2. The van der Waals surface area contributed by atoms with E-state index in [4.69, 9.17) is 5.11 Å².